The maximum atomic E-state index is 10.7. The first-order chi connectivity index (χ1) is 6.68. The number of carboxylic acid groups (broad SMARTS) is 1. The number of para-hydroxylation sites is 1. The van der Waals surface area contributed by atoms with Gasteiger partial charge in [0.15, 0.2) is 0 Å². The van der Waals surface area contributed by atoms with Crippen molar-refractivity contribution in [2.45, 2.75) is 6.42 Å². The van der Waals surface area contributed by atoms with Crippen LogP contribution in [0.25, 0.3) is 0 Å². The number of hydrogen-bond acceptors (Lipinski definition) is 3. The van der Waals surface area contributed by atoms with Crippen LogP contribution in [-0.2, 0) is 11.2 Å². The molecule has 1 unspecified atom stereocenters. The second-order valence-corrected chi connectivity index (χ2v) is 3.43. The molecule has 0 saturated heterocycles. The van der Waals surface area contributed by atoms with Crippen molar-refractivity contribution in [3.63, 3.8) is 0 Å². The molecule has 2 rings (SSSR count). The number of carbonyl (C=O) groups is 1. The van der Waals surface area contributed by atoms with Gasteiger partial charge in [-0.05, 0) is 18.1 Å². The van der Waals surface area contributed by atoms with E-state index in [1.165, 1.54) is 0 Å². The average Bonchev–Trinajstić information content (AvgIpc) is 2.17. The fourth-order valence-electron chi connectivity index (χ4n) is 1.70. The molecule has 1 heterocycles. The van der Waals surface area contributed by atoms with E-state index >= 15 is 0 Å². The molecule has 0 spiro atoms. The maximum Gasteiger partial charge on any atom is 0.308 e. The number of carboxylic acids is 1. The Balaban J connectivity index is 2.31. The summed E-state index contributed by atoms with van der Waals surface area (Å²) in [4.78, 5) is 10.7. The van der Waals surface area contributed by atoms with Gasteiger partial charge < -0.3 is 15.5 Å². The summed E-state index contributed by atoms with van der Waals surface area (Å²) in [7, 11) is 0. The van der Waals surface area contributed by atoms with Crippen molar-refractivity contribution in [3.8, 4) is 5.75 Å². The molecule has 1 aromatic carbocycles. The van der Waals surface area contributed by atoms with Crippen LogP contribution in [0.15, 0.2) is 18.2 Å². The lowest BCUT2D eigenvalue weighted by Gasteiger charge is -2.23. The number of nitrogens with one attached hydrogen (secondary N) is 1. The Morgan fingerprint density at radius 3 is 3.00 bits per heavy atom. The molecule has 1 atom stereocenters. The molecule has 1 aromatic rings. The van der Waals surface area contributed by atoms with Gasteiger partial charge in [-0.1, -0.05) is 12.1 Å². The molecule has 0 saturated carbocycles. The number of hydrogen-bond donors (Lipinski definition) is 3. The minimum absolute atomic E-state index is 0.186. The SMILES string of the molecule is O=C(O)C1CNc2c(O)cccc2C1. The smallest absolute Gasteiger partial charge is 0.308 e. The Labute approximate surface area is 81.2 Å². The number of phenolic OH excluding ortho intramolecular Hbond substituents is 1. The molecule has 74 valence electrons. The molecule has 0 radical (unpaired) electrons. The standard InChI is InChI=1S/C10H11NO3/c12-8-3-1-2-6-4-7(10(13)14)5-11-9(6)8/h1-3,7,11-12H,4-5H2,(H,13,14). The van der Waals surface area contributed by atoms with Gasteiger partial charge in [0.05, 0.1) is 11.6 Å². The van der Waals surface area contributed by atoms with Gasteiger partial charge in [-0.3, -0.25) is 4.79 Å². The van der Waals surface area contributed by atoms with E-state index in [-0.39, 0.29) is 5.75 Å². The second-order valence-electron chi connectivity index (χ2n) is 3.43. The lowest BCUT2D eigenvalue weighted by molar-refractivity contribution is -0.141. The predicted octanol–water partition coefficient (Wildman–Crippen LogP) is 1.06. The Kier molecular flexibility index (Phi) is 2.04. The summed E-state index contributed by atoms with van der Waals surface area (Å²) in [5, 5.41) is 21.2. The summed E-state index contributed by atoms with van der Waals surface area (Å²) in [6, 6.07) is 5.14. The van der Waals surface area contributed by atoms with Crippen LogP contribution in [0.5, 0.6) is 5.75 Å². The molecule has 0 bridgehead atoms. The Hall–Kier alpha value is -1.71. The third-order valence-corrected chi connectivity index (χ3v) is 2.47. The van der Waals surface area contributed by atoms with E-state index in [1.807, 2.05) is 6.07 Å². The molecule has 0 aliphatic carbocycles. The van der Waals surface area contributed by atoms with Crippen LogP contribution in [0.1, 0.15) is 5.56 Å². The zero-order chi connectivity index (χ0) is 10.1. The van der Waals surface area contributed by atoms with Crippen molar-refractivity contribution in [1.82, 2.24) is 0 Å². The summed E-state index contributed by atoms with van der Waals surface area (Å²) in [5.74, 6) is -1.01. The highest BCUT2D eigenvalue weighted by Crippen LogP contribution is 2.32. The number of benzene rings is 1. The van der Waals surface area contributed by atoms with Crippen LogP contribution in [0.2, 0.25) is 0 Å². The molecule has 4 nitrogen and oxygen atoms in total. The normalized spacial score (nSPS) is 19.6. The summed E-state index contributed by atoms with van der Waals surface area (Å²) in [6.45, 7) is 0.375. The van der Waals surface area contributed by atoms with E-state index in [9.17, 15) is 9.90 Å². The van der Waals surface area contributed by atoms with Crippen molar-refractivity contribution in [3.05, 3.63) is 23.8 Å². The van der Waals surface area contributed by atoms with E-state index in [4.69, 9.17) is 5.11 Å². The Morgan fingerprint density at radius 1 is 1.50 bits per heavy atom. The Morgan fingerprint density at radius 2 is 2.29 bits per heavy atom. The van der Waals surface area contributed by atoms with Gasteiger partial charge in [0.25, 0.3) is 0 Å². The molecule has 0 aromatic heterocycles. The molecule has 4 heteroatoms. The predicted molar refractivity (Wildman–Crippen MR) is 51.4 cm³/mol. The van der Waals surface area contributed by atoms with E-state index < -0.39 is 11.9 Å². The first-order valence-electron chi connectivity index (χ1n) is 4.46. The fraction of sp³-hybridized carbons (Fsp3) is 0.300. The molecule has 3 N–H and O–H groups in total. The van der Waals surface area contributed by atoms with Gasteiger partial charge in [0, 0.05) is 6.54 Å². The number of aliphatic carboxylic acids is 1. The van der Waals surface area contributed by atoms with Crippen molar-refractivity contribution in [2.24, 2.45) is 5.92 Å². The number of fused-ring (bicyclic) bond motifs is 1. The topological polar surface area (TPSA) is 69.6 Å². The van der Waals surface area contributed by atoms with E-state index in [2.05, 4.69) is 5.32 Å². The first-order valence-corrected chi connectivity index (χ1v) is 4.46. The quantitative estimate of drug-likeness (QED) is 0.583. The fourth-order valence-corrected chi connectivity index (χ4v) is 1.70. The van der Waals surface area contributed by atoms with Gasteiger partial charge >= 0.3 is 5.97 Å². The van der Waals surface area contributed by atoms with Crippen LogP contribution in [0, 0.1) is 5.92 Å². The highest BCUT2D eigenvalue weighted by Gasteiger charge is 2.24. The number of phenols is 1. The zero-order valence-electron chi connectivity index (χ0n) is 7.53. The number of rotatable bonds is 1. The van der Waals surface area contributed by atoms with Crippen molar-refractivity contribution >= 4 is 11.7 Å². The molecule has 1 aliphatic rings. The average molecular weight is 193 g/mol. The largest absolute Gasteiger partial charge is 0.506 e. The lowest BCUT2D eigenvalue weighted by Crippen LogP contribution is -2.29. The third kappa shape index (κ3) is 1.39. The summed E-state index contributed by atoms with van der Waals surface area (Å²) < 4.78 is 0. The highest BCUT2D eigenvalue weighted by molar-refractivity contribution is 5.74. The van der Waals surface area contributed by atoms with Crippen molar-refractivity contribution in [1.29, 1.82) is 0 Å². The molecule has 1 aliphatic heterocycles. The summed E-state index contributed by atoms with van der Waals surface area (Å²) in [5.41, 5.74) is 1.54. The van der Waals surface area contributed by atoms with E-state index in [0.717, 1.165) is 5.56 Å². The number of aromatic hydroxyl groups is 1. The molecular weight excluding hydrogens is 182 g/mol. The lowest BCUT2D eigenvalue weighted by atomic mass is 9.94. The minimum Gasteiger partial charge on any atom is -0.506 e. The summed E-state index contributed by atoms with van der Waals surface area (Å²) in [6.07, 6.45) is 0.478. The highest BCUT2D eigenvalue weighted by atomic mass is 16.4. The molecule has 0 amide bonds. The van der Waals surface area contributed by atoms with E-state index in [0.29, 0.717) is 18.7 Å². The van der Waals surface area contributed by atoms with Crippen molar-refractivity contribution < 1.29 is 15.0 Å². The van der Waals surface area contributed by atoms with Crippen LogP contribution in [-0.4, -0.2) is 22.7 Å². The molecular formula is C10H11NO3. The van der Waals surface area contributed by atoms with Crippen LogP contribution >= 0.6 is 0 Å². The Bertz CT molecular complexity index is 376. The van der Waals surface area contributed by atoms with Crippen LogP contribution in [0.3, 0.4) is 0 Å². The summed E-state index contributed by atoms with van der Waals surface area (Å²) >= 11 is 0. The molecule has 0 fully saturated rings. The number of anilines is 1. The first kappa shape index (κ1) is 8.87. The van der Waals surface area contributed by atoms with Crippen LogP contribution in [0.4, 0.5) is 5.69 Å². The zero-order valence-corrected chi connectivity index (χ0v) is 7.53. The van der Waals surface area contributed by atoms with Crippen LogP contribution < -0.4 is 5.32 Å². The van der Waals surface area contributed by atoms with E-state index in [1.54, 1.807) is 12.1 Å². The second kappa shape index (κ2) is 3.21. The molecule has 14 heavy (non-hydrogen) atoms. The van der Waals surface area contributed by atoms with Gasteiger partial charge in [0.1, 0.15) is 5.75 Å². The van der Waals surface area contributed by atoms with Gasteiger partial charge in [0.2, 0.25) is 0 Å². The van der Waals surface area contributed by atoms with Gasteiger partial charge in [-0.25, -0.2) is 0 Å². The minimum atomic E-state index is -0.800. The van der Waals surface area contributed by atoms with Crippen molar-refractivity contribution in [2.75, 3.05) is 11.9 Å². The van der Waals surface area contributed by atoms with Gasteiger partial charge in [-0.2, -0.15) is 0 Å². The monoisotopic (exact) mass is 193 g/mol. The third-order valence-electron chi connectivity index (χ3n) is 2.47. The van der Waals surface area contributed by atoms with Gasteiger partial charge in [-0.15, -0.1) is 0 Å². The maximum absolute atomic E-state index is 10.7.